The predicted octanol–water partition coefficient (Wildman–Crippen LogP) is 2.77. The fraction of sp³-hybridized carbons (Fsp3) is 0.167. The first-order chi connectivity index (χ1) is 11.7. The molecule has 0 aliphatic carbocycles. The van der Waals surface area contributed by atoms with E-state index in [4.69, 9.17) is 5.73 Å². The van der Waals surface area contributed by atoms with Crippen molar-refractivity contribution in [3.63, 3.8) is 0 Å². The Morgan fingerprint density at radius 2 is 1.71 bits per heavy atom. The molecule has 1 atom stereocenters. The summed E-state index contributed by atoms with van der Waals surface area (Å²) in [7, 11) is 0. The average molecular weight is 338 g/mol. The van der Waals surface area contributed by atoms with Crippen LogP contribution in [0.1, 0.15) is 22.7 Å². The summed E-state index contributed by atoms with van der Waals surface area (Å²) < 4.78 is 0. The first-order valence-electron chi connectivity index (χ1n) is 7.57. The van der Waals surface area contributed by atoms with Gasteiger partial charge >= 0.3 is 0 Å². The Morgan fingerprint density at radius 1 is 1.08 bits per heavy atom. The summed E-state index contributed by atoms with van der Waals surface area (Å²) in [5, 5.41) is 3.92. The molecule has 5 nitrogen and oxygen atoms in total. The molecule has 0 spiro atoms. The summed E-state index contributed by atoms with van der Waals surface area (Å²) >= 11 is 1.56. The van der Waals surface area contributed by atoms with Crippen LogP contribution in [0.3, 0.4) is 0 Å². The number of nitrogens with two attached hydrogens (primary N) is 1. The number of amides is 1. The zero-order valence-corrected chi connectivity index (χ0v) is 13.9. The molecule has 6 heteroatoms. The Balaban J connectivity index is 1.92. The van der Waals surface area contributed by atoms with Gasteiger partial charge in [0, 0.05) is 37.9 Å². The van der Waals surface area contributed by atoms with Gasteiger partial charge < -0.3 is 5.73 Å². The minimum Gasteiger partial charge on any atom is -0.368 e. The van der Waals surface area contributed by atoms with E-state index in [1.165, 1.54) is 0 Å². The molecule has 0 fully saturated rings. The van der Waals surface area contributed by atoms with Crippen molar-refractivity contribution in [2.75, 3.05) is 0 Å². The molecule has 0 aliphatic rings. The van der Waals surface area contributed by atoms with Gasteiger partial charge in [0.1, 0.15) is 6.04 Å². The number of nitrogens with zero attached hydrogens (tertiary/aromatic N) is 3. The highest BCUT2D eigenvalue weighted by Crippen LogP contribution is 2.26. The van der Waals surface area contributed by atoms with Crippen molar-refractivity contribution in [3.8, 4) is 0 Å². The Morgan fingerprint density at radius 3 is 2.12 bits per heavy atom. The van der Waals surface area contributed by atoms with Crippen LogP contribution in [-0.2, 0) is 17.9 Å². The Labute approximate surface area is 144 Å². The highest BCUT2D eigenvalue weighted by molar-refractivity contribution is 7.08. The van der Waals surface area contributed by atoms with E-state index in [-0.39, 0.29) is 5.91 Å². The second kappa shape index (κ2) is 7.81. The van der Waals surface area contributed by atoms with Crippen molar-refractivity contribution in [2.24, 2.45) is 5.73 Å². The molecular formula is C18H18N4OS. The van der Waals surface area contributed by atoms with Crippen LogP contribution in [0.4, 0.5) is 0 Å². The van der Waals surface area contributed by atoms with Crippen molar-refractivity contribution < 1.29 is 4.79 Å². The maximum absolute atomic E-state index is 12.2. The fourth-order valence-electron chi connectivity index (χ4n) is 2.68. The molecule has 1 unspecified atom stereocenters. The molecule has 0 radical (unpaired) electrons. The van der Waals surface area contributed by atoms with E-state index in [2.05, 4.69) is 14.9 Å². The van der Waals surface area contributed by atoms with Crippen molar-refractivity contribution in [2.45, 2.75) is 19.1 Å². The zero-order chi connectivity index (χ0) is 16.8. The summed E-state index contributed by atoms with van der Waals surface area (Å²) in [5.74, 6) is -0.360. The maximum Gasteiger partial charge on any atom is 0.239 e. The number of thiophene rings is 1. The second-order valence-corrected chi connectivity index (χ2v) is 6.27. The standard InChI is InChI=1S/C18H18N4OS/c19-18(23)17(16-5-8-24-13-16)22(11-14-3-1-6-20-9-14)12-15-4-2-7-21-10-15/h1-10,13,17H,11-12H2,(H2,19,23). The molecule has 24 heavy (non-hydrogen) atoms. The van der Waals surface area contributed by atoms with Gasteiger partial charge in [-0.25, -0.2) is 0 Å². The SMILES string of the molecule is NC(=O)C(c1ccsc1)N(Cc1cccnc1)Cc1cccnc1. The average Bonchev–Trinajstić information content (AvgIpc) is 3.10. The Kier molecular flexibility index (Phi) is 5.30. The smallest absolute Gasteiger partial charge is 0.239 e. The summed E-state index contributed by atoms with van der Waals surface area (Å²) in [6, 6.07) is 9.23. The number of rotatable bonds is 7. The van der Waals surface area contributed by atoms with Crippen LogP contribution in [0.5, 0.6) is 0 Å². The Bertz CT molecular complexity index is 721. The number of pyridine rings is 2. The van der Waals surface area contributed by atoms with E-state index < -0.39 is 6.04 Å². The highest BCUT2D eigenvalue weighted by Gasteiger charge is 2.26. The van der Waals surface area contributed by atoms with Crippen LogP contribution in [0.25, 0.3) is 0 Å². The van der Waals surface area contributed by atoms with Crippen molar-refractivity contribution in [3.05, 3.63) is 82.6 Å². The van der Waals surface area contributed by atoms with Crippen LogP contribution in [0.15, 0.2) is 65.9 Å². The van der Waals surface area contributed by atoms with Crippen molar-refractivity contribution in [1.29, 1.82) is 0 Å². The number of carbonyl (C=O) groups excluding carboxylic acids is 1. The van der Waals surface area contributed by atoms with Crippen LogP contribution in [-0.4, -0.2) is 20.8 Å². The lowest BCUT2D eigenvalue weighted by atomic mass is 10.1. The molecular weight excluding hydrogens is 320 g/mol. The molecule has 3 rings (SSSR count). The molecule has 2 N–H and O–H groups in total. The lowest BCUT2D eigenvalue weighted by Crippen LogP contribution is -2.37. The van der Waals surface area contributed by atoms with Crippen molar-refractivity contribution in [1.82, 2.24) is 14.9 Å². The topological polar surface area (TPSA) is 72.1 Å². The van der Waals surface area contributed by atoms with Gasteiger partial charge in [-0.2, -0.15) is 11.3 Å². The monoisotopic (exact) mass is 338 g/mol. The van der Waals surface area contributed by atoms with Crippen molar-refractivity contribution >= 4 is 17.2 Å². The number of hydrogen-bond donors (Lipinski definition) is 1. The molecule has 0 aliphatic heterocycles. The third-order valence-corrected chi connectivity index (χ3v) is 4.41. The van der Waals surface area contributed by atoms with E-state index in [0.29, 0.717) is 13.1 Å². The molecule has 0 saturated heterocycles. The van der Waals surface area contributed by atoms with Gasteiger partial charge in [0.2, 0.25) is 5.91 Å². The summed E-state index contributed by atoms with van der Waals surface area (Å²) in [4.78, 5) is 22.5. The van der Waals surface area contributed by atoms with Crippen LogP contribution in [0.2, 0.25) is 0 Å². The van der Waals surface area contributed by atoms with Gasteiger partial charge in [-0.3, -0.25) is 19.7 Å². The molecule has 3 aromatic rings. The van der Waals surface area contributed by atoms with Gasteiger partial charge in [0.25, 0.3) is 0 Å². The third kappa shape index (κ3) is 4.04. The normalized spacial score (nSPS) is 12.2. The molecule has 0 bridgehead atoms. The summed E-state index contributed by atoms with van der Waals surface area (Å²) in [5.41, 5.74) is 8.71. The molecule has 3 aromatic heterocycles. The third-order valence-electron chi connectivity index (χ3n) is 3.71. The minimum absolute atomic E-state index is 0.360. The van der Waals surface area contributed by atoms with Gasteiger partial charge in [-0.15, -0.1) is 0 Å². The number of primary amides is 1. The summed E-state index contributed by atoms with van der Waals surface area (Å²) in [6.07, 6.45) is 7.09. The second-order valence-electron chi connectivity index (χ2n) is 5.49. The van der Waals surface area contributed by atoms with E-state index in [0.717, 1.165) is 16.7 Å². The molecule has 3 heterocycles. The van der Waals surface area contributed by atoms with Crippen LogP contribution < -0.4 is 5.73 Å². The molecule has 0 saturated carbocycles. The maximum atomic E-state index is 12.2. The predicted molar refractivity (Wildman–Crippen MR) is 94.0 cm³/mol. The van der Waals surface area contributed by atoms with E-state index in [9.17, 15) is 4.79 Å². The van der Waals surface area contributed by atoms with Gasteiger partial charge in [0.15, 0.2) is 0 Å². The molecule has 0 aromatic carbocycles. The minimum atomic E-state index is -0.489. The number of carbonyl (C=O) groups is 1. The lowest BCUT2D eigenvalue weighted by molar-refractivity contribution is -0.124. The summed E-state index contributed by atoms with van der Waals surface area (Å²) in [6.45, 7) is 1.15. The van der Waals surface area contributed by atoms with E-state index in [1.54, 1.807) is 23.7 Å². The highest BCUT2D eigenvalue weighted by atomic mass is 32.1. The first-order valence-corrected chi connectivity index (χ1v) is 8.51. The zero-order valence-electron chi connectivity index (χ0n) is 13.1. The fourth-order valence-corrected chi connectivity index (χ4v) is 3.36. The van der Waals surface area contributed by atoms with Crippen LogP contribution >= 0.6 is 11.3 Å². The Hall–Kier alpha value is -2.57. The molecule has 122 valence electrons. The van der Waals surface area contributed by atoms with E-state index in [1.807, 2.05) is 53.5 Å². The van der Waals surface area contributed by atoms with Gasteiger partial charge in [-0.05, 0) is 45.6 Å². The van der Waals surface area contributed by atoms with Gasteiger partial charge in [-0.1, -0.05) is 12.1 Å². The largest absolute Gasteiger partial charge is 0.368 e. The lowest BCUT2D eigenvalue weighted by Gasteiger charge is -2.29. The van der Waals surface area contributed by atoms with Gasteiger partial charge in [0.05, 0.1) is 0 Å². The molecule has 1 amide bonds. The van der Waals surface area contributed by atoms with E-state index >= 15 is 0 Å². The van der Waals surface area contributed by atoms with Crippen LogP contribution in [0, 0.1) is 0 Å². The first kappa shape index (κ1) is 16.3. The number of aromatic nitrogens is 2. The number of hydrogen-bond acceptors (Lipinski definition) is 5. The quantitative estimate of drug-likeness (QED) is 0.719.